The minimum absolute atomic E-state index is 0.102. The number of benzene rings is 1. The van der Waals surface area contributed by atoms with Gasteiger partial charge in [-0.2, -0.15) is 0 Å². The molecular weight excluding hydrogens is 396 g/mol. The number of carbonyl (C=O) groups excluding carboxylic acids is 2. The lowest BCUT2D eigenvalue weighted by Gasteiger charge is -2.32. The number of hydrogen-bond donors (Lipinski definition) is 4. The molecule has 0 saturated carbocycles. The van der Waals surface area contributed by atoms with Gasteiger partial charge in [0.1, 0.15) is 5.75 Å². The van der Waals surface area contributed by atoms with Gasteiger partial charge in [0.05, 0.1) is 13.1 Å². The van der Waals surface area contributed by atoms with Crippen molar-refractivity contribution < 1.29 is 14.3 Å². The van der Waals surface area contributed by atoms with Crippen LogP contribution in [-0.4, -0.2) is 68.0 Å². The van der Waals surface area contributed by atoms with Gasteiger partial charge in [0.2, 0.25) is 5.91 Å². The molecule has 0 radical (unpaired) electrons. The lowest BCUT2D eigenvalue weighted by atomic mass is 10.1. The number of nitrogens with zero attached hydrogens (tertiary/aromatic N) is 2. The summed E-state index contributed by atoms with van der Waals surface area (Å²) in [7, 11) is 0. The number of primary amides is 1. The smallest absolute Gasteiger partial charge is 0.255 e. The first-order chi connectivity index (χ1) is 15.0. The van der Waals surface area contributed by atoms with Gasteiger partial charge in [0.25, 0.3) is 5.91 Å². The van der Waals surface area contributed by atoms with Gasteiger partial charge in [-0.05, 0) is 43.9 Å². The third-order valence-electron chi connectivity index (χ3n) is 4.91. The van der Waals surface area contributed by atoms with Crippen molar-refractivity contribution >= 4 is 17.8 Å². The maximum Gasteiger partial charge on any atom is 0.255 e. The predicted molar refractivity (Wildman–Crippen MR) is 122 cm³/mol. The molecule has 5 N–H and O–H groups in total. The molecule has 1 aliphatic heterocycles. The quantitative estimate of drug-likeness (QED) is 0.300. The molecule has 1 aromatic rings. The highest BCUT2D eigenvalue weighted by atomic mass is 16.5. The summed E-state index contributed by atoms with van der Waals surface area (Å²) in [4.78, 5) is 29.7. The number of piperidine rings is 1. The standard InChI is InChI=1S/C22H36N6O3/c1-3-10-25-21(30)15-28-11-8-18(9-12-28)27-22(24-4-2)26-14-17-6-5-7-19(13-17)31-16-20(23)29/h5-7,13,18H,3-4,8-12,14-16H2,1-2H3,(H2,23,29)(H,25,30)(H2,24,26,27). The SMILES string of the molecule is CCCNC(=O)CN1CCC(NC(=NCc2cccc(OCC(N)=O)c2)NCC)CC1. The summed E-state index contributed by atoms with van der Waals surface area (Å²) in [5.74, 6) is 0.963. The van der Waals surface area contributed by atoms with E-state index >= 15 is 0 Å². The number of nitrogens with one attached hydrogen (secondary N) is 3. The molecule has 1 saturated heterocycles. The van der Waals surface area contributed by atoms with Gasteiger partial charge in [0, 0.05) is 32.2 Å². The van der Waals surface area contributed by atoms with Crippen LogP contribution in [0.5, 0.6) is 5.75 Å². The molecule has 1 aliphatic rings. The zero-order valence-corrected chi connectivity index (χ0v) is 18.7. The Labute approximate surface area is 184 Å². The fourth-order valence-electron chi connectivity index (χ4n) is 3.33. The van der Waals surface area contributed by atoms with E-state index in [2.05, 4.69) is 32.8 Å². The van der Waals surface area contributed by atoms with Gasteiger partial charge in [-0.3, -0.25) is 14.5 Å². The summed E-state index contributed by atoms with van der Waals surface area (Å²) in [6.07, 6.45) is 2.87. The fraction of sp³-hybridized carbons (Fsp3) is 0.591. The van der Waals surface area contributed by atoms with E-state index < -0.39 is 5.91 Å². The average molecular weight is 433 g/mol. The van der Waals surface area contributed by atoms with Crippen LogP contribution in [0.2, 0.25) is 0 Å². The van der Waals surface area contributed by atoms with Crippen LogP contribution in [0.3, 0.4) is 0 Å². The number of aliphatic imine (C=N–C) groups is 1. The van der Waals surface area contributed by atoms with E-state index in [0.29, 0.717) is 24.9 Å². The van der Waals surface area contributed by atoms with Crippen LogP contribution in [0.15, 0.2) is 29.3 Å². The molecule has 31 heavy (non-hydrogen) atoms. The van der Waals surface area contributed by atoms with Crippen molar-refractivity contribution in [1.82, 2.24) is 20.9 Å². The van der Waals surface area contributed by atoms with E-state index in [1.165, 1.54) is 0 Å². The first kappa shape index (κ1) is 24.5. The van der Waals surface area contributed by atoms with Crippen LogP contribution in [0.25, 0.3) is 0 Å². The van der Waals surface area contributed by atoms with Crippen LogP contribution in [0.4, 0.5) is 0 Å². The zero-order chi connectivity index (χ0) is 22.5. The molecule has 0 unspecified atom stereocenters. The molecule has 0 aromatic heterocycles. The van der Waals surface area contributed by atoms with Crippen molar-refractivity contribution in [1.29, 1.82) is 0 Å². The predicted octanol–water partition coefficient (Wildman–Crippen LogP) is 0.596. The van der Waals surface area contributed by atoms with E-state index in [9.17, 15) is 9.59 Å². The number of amides is 2. The second kappa shape index (κ2) is 13.5. The second-order valence-corrected chi connectivity index (χ2v) is 7.64. The fourth-order valence-corrected chi connectivity index (χ4v) is 3.33. The normalized spacial score (nSPS) is 15.4. The van der Waals surface area contributed by atoms with E-state index in [1.54, 1.807) is 6.07 Å². The van der Waals surface area contributed by atoms with Gasteiger partial charge in [-0.25, -0.2) is 4.99 Å². The van der Waals surface area contributed by atoms with Crippen LogP contribution < -0.4 is 26.4 Å². The molecule has 0 bridgehead atoms. The number of nitrogens with two attached hydrogens (primary N) is 1. The summed E-state index contributed by atoms with van der Waals surface area (Å²) in [5.41, 5.74) is 6.10. The van der Waals surface area contributed by atoms with Crippen LogP contribution in [0.1, 0.15) is 38.7 Å². The van der Waals surface area contributed by atoms with Crippen molar-refractivity contribution in [2.45, 2.75) is 45.7 Å². The molecule has 0 aliphatic carbocycles. The molecule has 9 heteroatoms. The molecule has 2 rings (SSSR count). The number of likely N-dealkylation sites (tertiary alicyclic amines) is 1. The Hall–Kier alpha value is -2.81. The van der Waals surface area contributed by atoms with Gasteiger partial charge in [0.15, 0.2) is 12.6 Å². The van der Waals surface area contributed by atoms with E-state index in [-0.39, 0.29) is 12.5 Å². The third kappa shape index (κ3) is 9.69. The minimum Gasteiger partial charge on any atom is -0.484 e. The number of rotatable bonds is 11. The van der Waals surface area contributed by atoms with Crippen LogP contribution in [0, 0.1) is 0 Å². The van der Waals surface area contributed by atoms with Crippen molar-refractivity contribution in [3.63, 3.8) is 0 Å². The Kier molecular flexibility index (Phi) is 10.6. The molecule has 0 atom stereocenters. The number of ether oxygens (including phenoxy) is 1. The molecule has 0 spiro atoms. The van der Waals surface area contributed by atoms with Crippen LogP contribution >= 0.6 is 0 Å². The minimum atomic E-state index is -0.505. The van der Waals surface area contributed by atoms with E-state index in [4.69, 9.17) is 10.5 Å². The Morgan fingerprint density at radius 3 is 2.68 bits per heavy atom. The Morgan fingerprint density at radius 2 is 2.00 bits per heavy atom. The number of carbonyl (C=O) groups is 2. The molecule has 1 aromatic carbocycles. The summed E-state index contributed by atoms with van der Waals surface area (Å²) in [6.45, 7) is 8.17. The molecule has 2 amide bonds. The molecule has 1 fully saturated rings. The first-order valence-electron chi connectivity index (χ1n) is 11.0. The highest BCUT2D eigenvalue weighted by Gasteiger charge is 2.21. The van der Waals surface area contributed by atoms with Crippen molar-refractivity contribution in [3.8, 4) is 5.75 Å². The summed E-state index contributed by atoms with van der Waals surface area (Å²) in [5, 5.41) is 9.73. The molecule has 172 valence electrons. The number of hydrogen-bond acceptors (Lipinski definition) is 5. The first-order valence-corrected chi connectivity index (χ1v) is 11.0. The van der Waals surface area contributed by atoms with Gasteiger partial charge >= 0.3 is 0 Å². The van der Waals surface area contributed by atoms with Gasteiger partial charge in [-0.1, -0.05) is 19.1 Å². The van der Waals surface area contributed by atoms with Crippen molar-refractivity contribution in [2.75, 3.05) is 39.3 Å². The molecule has 9 nitrogen and oxygen atoms in total. The monoisotopic (exact) mass is 432 g/mol. The Balaban J connectivity index is 1.83. The highest BCUT2D eigenvalue weighted by molar-refractivity contribution is 5.80. The average Bonchev–Trinajstić information content (AvgIpc) is 2.76. The largest absolute Gasteiger partial charge is 0.484 e. The topological polar surface area (TPSA) is 121 Å². The second-order valence-electron chi connectivity index (χ2n) is 7.64. The van der Waals surface area contributed by atoms with Crippen molar-refractivity contribution in [3.05, 3.63) is 29.8 Å². The Bertz CT molecular complexity index is 732. The summed E-state index contributed by atoms with van der Waals surface area (Å²) in [6, 6.07) is 7.80. The zero-order valence-electron chi connectivity index (χ0n) is 18.7. The van der Waals surface area contributed by atoms with Gasteiger partial charge < -0.3 is 26.4 Å². The van der Waals surface area contributed by atoms with E-state index in [0.717, 1.165) is 57.0 Å². The number of guanidine groups is 1. The lowest BCUT2D eigenvalue weighted by molar-refractivity contribution is -0.122. The van der Waals surface area contributed by atoms with Crippen LogP contribution in [-0.2, 0) is 16.1 Å². The van der Waals surface area contributed by atoms with Crippen molar-refractivity contribution in [2.24, 2.45) is 10.7 Å². The molecule has 1 heterocycles. The highest BCUT2D eigenvalue weighted by Crippen LogP contribution is 2.14. The maximum atomic E-state index is 11.9. The third-order valence-corrected chi connectivity index (χ3v) is 4.91. The summed E-state index contributed by atoms with van der Waals surface area (Å²) < 4.78 is 5.36. The summed E-state index contributed by atoms with van der Waals surface area (Å²) >= 11 is 0. The molecular formula is C22H36N6O3. The lowest BCUT2D eigenvalue weighted by Crippen LogP contribution is -2.50. The van der Waals surface area contributed by atoms with E-state index in [1.807, 2.05) is 25.1 Å². The Morgan fingerprint density at radius 1 is 1.23 bits per heavy atom. The maximum absolute atomic E-state index is 11.9. The van der Waals surface area contributed by atoms with Gasteiger partial charge in [-0.15, -0.1) is 0 Å².